The summed E-state index contributed by atoms with van der Waals surface area (Å²) in [4.78, 5) is 10.8. The zero-order valence-corrected chi connectivity index (χ0v) is 8.79. The Morgan fingerprint density at radius 1 is 1.64 bits per heavy atom. The number of hydrogen-bond acceptors (Lipinski definition) is 5. The first-order valence-corrected chi connectivity index (χ1v) is 5.87. The van der Waals surface area contributed by atoms with Gasteiger partial charge < -0.3 is 10.5 Å². The van der Waals surface area contributed by atoms with E-state index in [2.05, 4.69) is 4.74 Å². The van der Waals surface area contributed by atoms with Gasteiger partial charge in [0.2, 0.25) is 10.0 Å². The lowest BCUT2D eigenvalue weighted by molar-refractivity contribution is -0.137. The molecule has 1 atom stereocenters. The number of ether oxygens (including phenoxy) is 1. The van der Waals surface area contributed by atoms with E-state index in [1.807, 2.05) is 0 Å². The molecule has 0 amide bonds. The molecule has 1 rings (SSSR count). The molecule has 1 heterocycles. The van der Waals surface area contributed by atoms with E-state index in [1.54, 1.807) is 0 Å². The van der Waals surface area contributed by atoms with E-state index in [0.717, 1.165) is 7.11 Å². The Morgan fingerprint density at radius 2 is 2.29 bits per heavy atom. The molecule has 14 heavy (non-hydrogen) atoms. The van der Waals surface area contributed by atoms with Crippen molar-refractivity contribution in [2.24, 2.45) is 5.73 Å². The molecule has 0 aliphatic carbocycles. The first kappa shape index (κ1) is 11.4. The molecule has 1 fully saturated rings. The Kier molecular flexibility index (Phi) is 3.46. The van der Waals surface area contributed by atoms with Gasteiger partial charge in [0, 0.05) is 19.1 Å². The van der Waals surface area contributed by atoms with Crippen molar-refractivity contribution in [1.29, 1.82) is 0 Å². The lowest BCUT2D eigenvalue weighted by Crippen LogP contribution is -2.36. The van der Waals surface area contributed by atoms with Crippen molar-refractivity contribution >= 4 is 16.0 Å². The molecular weight excluding hydrogens is 208 g/mol. The third-order valence-electron chi connectivity index (χ3n) is 2.11. The van der Waals surface area contributed by atoms with Gasteiger partial charge in [0.05, 0.1) is 7.11 Å². The van der Waals surface area contributed by atoms with Crippen molar-refractivity contribution in [2.75, 3.05) is 26.0 Å². The highest BCUT2D eigenvalue weighted by molar-refractivity contribution is 7.89. The van der Waals surface area contributed by atoms with E-state index in [1.165, 1.54) is 4.31 Å². The number of carbonyl (C=O) groups is 1. The Morgan fingerprint density at radius 3 is 2.71 bits per heavy atom. The van der Waals surface area contributed by atoms with E-state index in [4.69, 9.17) is 5.73 Å². The van der Waals surface area contributed by atoms with Crippen LogP contribution in [0.25, 0.3) is 0 Å². The summed E-state index contributed by atoms with van der Waals surface area (Å²) in [6, 6.07) is -0.123. The van der Waals surface area contributed by atoms with Gasteiger partial charge in [-0.25, -0.2) is 8.42 Å². The Bertz CT molecular complexity index is 314. The maximum absolute atomic E-state index is 11.5. The van der Waals surface area contributed by atoms with Crippen LogP contribution >= 0.6 is 0 Å². The SMILES string of the molecule is COC(=O)CS(=O)(=O)N1CC[C@@H](N)C1. The number of rotatable bonds is 3. The van der Waals surface area contributed by atoms with E-state index >= 15 is 0 Å². The van der Waals surface area contributed by atoms with Crippen LogP contribution in [0.3, 0.4) is 0 Å². The summed E-state index contributed by atoms with van der Waals surface area (Å²) in [6.45, 7) is 0.680. The molecule has 0 bridgehead atoms. The van der Waals surface area contributed by atoms with Crippen molar-refractivity contribution < 1.29 is 17.9 Å². The van der Waals surface area contributed by atoms with Gasteiger partial charge in [-0.1, -0.05) is 0 Å². The van der Waals surface area contributed by atoms with Crippen molar-refractivity contribution in [3.05, 3.63) is 0 Å². The topological polar surface area (TPSA) is 89.7 Å². The van der Waals surface area contributed by atoms with Crippen LogP contribution in [0.4, 0.5) is 0 Å². The molecule has 0 aromatic heterocycles. The van der Waals surface area contributed by atoms with Crippen molar-refractivity contribution in [3.63, 3.8) is 0 Å². The number of carbonyl (C=O) groups excluding carboxylic acids is 1. The quantitative estimate of drug-likeness (QED) is 0.588. The van der Waals surface area contributed by atoms with E-state index < -0.39 is 21.7 Å². The third-order valence-corrected chi connectivity index (χ3v) is 3.83. The summed E-state index contributed by atoms with van der Waals surface area (Å²) in [5.41, 5.74) is 5.56. The summed E-state index contributed by atoms with van der Waals surface area (Å²) >= 11 is 0. The van der Waals surface area contributed by atoms with Crippen LogP contribution in [-0.2, 0) is 19.6 Å². The highest BCUT2D eigenvalue weighted by atomic mass is 32.2. The minimum Gasteiger partial charge on any atom is -0.468 e. The summed E-state index contributed by atoms with van der Waals surface area (Å²) in [6.07, 6.45) is 0.639. The average molecular weight is 222 g/mol. The molecule has 0 aromatic carbocycles. The van der Waals surface area contributed by atoms with Crippen molar-refractivity contribution in [1.82, 2.24) is 4.31 Å². The molecule has 0 aromatic rings. The number of nitrogens with zero attached hydrogens (tertiary/aromatic N) is 1. The second-order valence-corrected chi connectivity index (χ2v) is 5.21. The van der Waals surface area contributed by atoms with Crippen LogP contribution in [0.5, 0.6) is 0 Å². The zero-order valence-electron chi connectivity index (χ0n) is 7.97. The Balaban J connectivity index is 2.62. The molecule has 6 nitrogen and oxygen atoms in total. The first-order valence-electron chi connectivity index (χ1n) is 4.26. The van der Waals surface area contributed by atoms with E-state index in [-0.39, 0.29) is 6.04 Å². The summed E-state index contributed by atoms with van der Waals surface area (Å²) < 4.78 is 28.6. The Hall–Kier alpha value is -0.660. The monoisotopic (exact) mass is 222 g/mol. The van der Waals surface area contributed by atoms with Gasteiger partial charge in [-0.2, -0.15) is 4.31 Å². The largest absolute Gasteiger partial charge is 0.468 e. The highest BCUT2D eigenvalue weighted by Gasteiger charge is 2.31. The number of hydrogen-bond donors (Lipinski definition) is 1. The van der Waals surface area contributed by atoms with Crippen molar-refractivity contribution in [2.45, 2.75) is 12.5 Å². The Labute approximate surface area is 83.1 Å². The predicted molar refractivity (Wildman–Crippen MR) is 50.0 cm³/mol. The second kappa shape index (κ2) is 4.24. The lowest BCUT2D eigenvalue weighted by atomic mass is 10.3. The fourth-order valence-electron chi connectivity index (χ4n) is 1.31. The molecule has 0 saturated carbocycles. The minimum atomic E-state index is -3.53. The lowest BCUT2D eigenvalue weighted by Gasteiger charge is -2.14. The molecular formula is C7H14N2O4S. The van der Waals surface area contributed by atoms with Gasteiger partial charge in [0.25, 0.3) is 0 Å². The fourth-order valence-corrected chi connectivity index (χ4v) is 2.71. The number of esters is 1. The third kappa shape index (κ3) is 2.66. The van der Waals surface area contributed by atoms with Gasteiger partial charge >= 0.3 is 5.97 Å². The molecule has 0 spiro atoms. The summed E-state index contributed by atoms with van der Waals surface area (Å²) in [5, 5.41) is 0. The van der Waals surface area contributed by atoms with Gasteiger partial charge in [-0.15, -0.1) is 0 Å². The maximum Gasteiger partial charge on any atom is 0.322 e. The van der Waals surface area contributed by atoms with Crippen LogP contribution in [0.2, 0.25) is 0 Å². The zero-order chi connectivity index (χ0) is 10.8. The van der Waals surface area contributed by atoms with Crippen LogP contribution in [0.1, 0.15) is 6.42 Å². The van der Waals surface area contributed by atoms with Gasteiger partial charge in [0.15, 0.2) is 5.75 Å². The maximum atomic E-state index is 11.5. The van der Waals surface area contributed by atoms with Gasteiger partial charge in [0.1, 0.15) is 0 Å². The number of methoxy groups -OCH3 is 1. The van der Waals surface area contributed by atoms with Gasteiger partial charge in [-0.3, -0.25) is 4.79 Å². The molecule has 0 unspecified atom stereocenters. The fraction of sp³-hybridized carbons (Fsp3) is 0.857. The normalized spacial score (nSPS) is 23.7. The molecule has 2 N–H and O–H groups in total. The van der Waals surface area contributed by atoms with Crippen molar-refractivity contribution in [3.8, 4) is 0 Å². The minimum absolute atomic E-state index is 0.123. The van der Waals surface area contributed by atoms with Crippen LogP contribution in [0, 0.1) is 0 Å². The smallest absolute Gasteiger partial charge is 0.322 e. The molecule has 1 aliphatic heterocycles. The molecule has 1 saturated heterocycles. The van der Waals surface area contributed by atoms with Crippen LogP contribution in [-0.4, -0.2) is 50.7 Å². The second-order valence-electron chi connectivity index (χ2n) is 3.24. The summed E-state index contributed by atoms with van der Waals surface area (Å²) in [5.74, 6) is -1.35. The predicted octanol–water partition coefficient (Wildman–Crippen LogP) is -1.48. The van der Waals surface area contributed by atoms with Gasteiger partial charge in [-0.05, 0) is 6.42 Å². The number of nitrogens with two attached hydrogens (primary N) is 1. The average Bonchev–Trinajstić information content (AvgIpc) is 2.51. The molecule has 82 valence electrons. The highest BCUT2D eigenvalue weighted by Crippen LogP contribution is 2.12. The standard InChI is InChI=1S/C7H14N2O4S/c1-13-7(10)5-14(11,12)9-3-2-6(8)4-9/h6H,2-5,8H2,1H3/t6-/m1/s1. The summed E-state index contributed by atoms with van der Waals surface area (Å²) in [7, 11) is -2.37. The van der Waals surface area contributed by atoms with Crippen LogP contribution < -0.4 is 5.73 Å². The van der Waals surface area contributed by atoms with Crippen LogP contribution in [0.15, 0.2) is 0 Å². The molecule has 7 heteroatoms. The number of sulfonamides is 1. The van der Waals surface area contributed by atoms with E-state index in [9.17, 15) is 13.2 Å². The molecule has 1 aliphatic rings. The molecule has 0 radical (unpaired) electrons. The van der Waals surface area contributed by atoms with E-state index in [0.29, 0.717) is 19.5 Å². The first-order chi connectivity index (χ1) is 6.45.